The van der Waals surface area contributed by atoms with Gasteiger partial charge in [0, 0.05) is 11.0 Å². The van der Waals surface area contributed by atoms with Gasteiger partial charge in [0.15, 0.2) is 0 Å². The van der Waals surface area contributed by atoms with Crippen LogP contribution < -0.4 is 0 Å². The molecule has 5 heteroatoms. The first-order valence-corrected chi connectivity index (χ1v) is 5.09. The van der Waals surface area contributed by atoms with E-state index in [0.29, 0.717) is 5.82 Å². The third kappa shape index (κ3) is 1.94. The maximum Gasteiger partial charge on any atom is 0.204 e. The van der Waals surface area contributed by atoms with Gasteiger partial charge in [-0.25, -0.2) is 0 Å². The van der Waals surface area contributed by atoms with Crippen molar-refractivity contribution in [1.29, 1.82) is 0 Å². The molecule has 0 fully saturated rings. The average molecular weight is 218 g/mol. The van der Waals surface area contributed by atoms with Crippen LogP contribution in [-0.4, -0.2) is 32.3 Å². The Labute approximate surface area is 93.5 Å². The van der Waals surface area contributed by atoms with Crippen LogP contribution in [0.3, 0.4) is 0 Å². The Morgan fingerprint density at radius 3 is 2.81 bits per heavy atom. The molecule has 0 amide bonds. The molecule has 84 valence electrons. The largest absolute Gasteiger partial charge is 0.395 e. The van der Waals surface area contributed by atoms with E-state index in [2.05, 4.69) is 20.6 Å². The molecular formula is C11H14N4O. The van der Waals surface area contributed by atoms with Crippen molar-refractivity contribution in [1.82, 2.24) is 20.6 Å². The standard InChI is InChI=1S/C11H14N4O/c1-11(2,7-16)9-5-3-4-8(6-9)10-12-14-15-13-10/h3-6,16H,7H2,1-2H3,(H,12,13,14,15). The van der Waals surface area contributed by atoms with Gasteiger partial charge in [-0.1, -0.05) is 32.0 Å². The third-order valence-electron chi connectivity index (χ3n) is 2.64. The van der Waals surface area contributed by atoms with Crippen molar-refractivity contribution in [3.05, 3.63) is 29.8 Å². The molecule has 2 aromatic rings. The van der Waals surface area contributed by atoms with Gasteiger partial charge in [0.2, 0.25) is 5.82 Å². The monoisotopic (exact) mass is 218 g/mol. The number of aliphatic hydroxyl groups is 1. The van der Waals surface area contributed by atoms with Crippen molar-refractivity contribution >= 4 is 0 Å². The minimum atomic E-state index is -0.264. The molecule has 16 heavy (non-hydrogen) atoms. The first kappa shape index (κ1) is 10.8. The summed E-state index contributed by atoms with van der Waals surface area (Å²) in [6.45, 7) is 4.08. The molecule has 0 saturated heterocycles. The number of rotatable bonds is 3. The fourth-order valence-corrected chi connectivity index (χ4v) is 1.45. The highest BCUT2D eigenvalue weighted by molar-refractivity contribution is 5.55. The molecule has 0 radical (unpaired) electrons. The molecule has 0 atom stereocenters. The molecule has 1 aromatic carbocycles. The van der Waals surface area contributed by atoms with Gasteiger partial charge in [-0.3, -0.25) is 0 Å². The van der Waals surface area contributed by atoms with Crippen LogP contribution in [0.1, 0.15) is 19.4 Å². The summed E-state index contributed by atoms with van der Waals surface area (Å²) in [4.78, 5) is 0. The van der Waals surface area contributed by atoms with E-state index in [9.17, 15) is 5.11 Å². The molecule has 0 saturated carbocycles. The second-order valence-corrected chi connectivity index (χ2v) is 4.36. The Bertz CT molecular complexity index is 465. The Kier molecular flexibility index (Phi) is 2.70. The summed E-state index contributed by atoms with van der Waals surface area (Å²) in [6, 6.07) is 7.81. The van der Waals surface area contributed by atoms with Crippen molar-refractivity contribution in [2.24, 2.45) is 0 Å². The van der Waals surface area contributed by atoms with Crippen molar-refractivity contribution in [2.75, 3.05) is 6.61 Å². The zero-order chi connectivity index (χ0) is 11.6. The highest BCUT2D eigenvalue weighted by Gasteiger charge is 2.19. The number of aromatic nitrogens is 4. The lowest BCUT2D eigenvalue weighted by Gasteiger charge is -2.22. The number of tetrazole rings is 1. The van der Waals surface area contributed by atoms with Crippen LogP contribution in [0.15, 0.2) is 24.3 Å². The molecule has 1 heterocycles. The van der Waals surface area contributed by atoms with Crippen LogP contribution in [0.2, 0.25) is 0 Å². The second-order valence-electron chi connectivity index (χ2n) is 4.36. The highest BCUT2D eigenvalue weighted by Crippen LogP contribution is 2.25. The van der Waals surface area contributed by atoms with Crippen LogP contribution in [0.4, 0.5) is 0 Å². The van der Waals surface area contributed by atoms with E-state index in [-0.39, 0.29) is 12.0 Å². The maximum absolute atomic E-state index is 9.32. The first-order valence-electron chi connectivity index (χ1n) is 5.09. The molecule has 2 N–H and O–H groups in total. The molecular weight excluding hydrogens is 204 g/mol. The second kappa shape index (κ2) is 4.02. The van der Waals surface area contributed by atoms with Gasteiger partial charge in [0.05, 0.1) is 6.61 Å². The van der Waals surface area contributed by atoms with Gasteiger partial charge in [0.1, 0.15) is 0 Å². The zero-order valence-electron chi connectivity index (χ0n) is 9.31. The van der Waals surface area contributed by atoms with Crippen molar-refractivity contribution in [3.8, 4) is 11.4 Å². The minimum absolute atomic E-state index is 0.0999. The number of hydrogen-bond donors (Lipinski definition) is 2. The topological polar surface area (TPSA) is 74.7 Å². The lowest BCUT2D eigenvalue weighted by Crippen LogP contribution is -2.21. The molecule has 1 aromatic heterocycles. The average Bonchev–Trinajstić information content (AvgIpc) is 2.83. The van der Waals surface area contributed by atoms with Gasteiger partial charge in [0.25, 0.3) is 0 Å². The third-order valence-corrected chi connectivity index (χ3v) is 2.64. The minimum Gasteiger partial charge on any atom is -0.395 e. The summed E-state index contributed by atoms with van der Waals surface area (Å²) >= 11 is 0. The summed E-state index contributed by atoms with van der Waals surface area (Å²) in [6.07, 6.45) is 0. The number of aromatic amines is 1. The van der Waals surface area contributed by atoms with Gasteiger partial charge >= 0.3 is 0 Å². The van der Waals surface area contributed by atoms with E-state index < -0.39 is 0 Å². The molecule has 0 spiro atoms. The Balaban J connectivity index is 2.41. The summed E-state index contributed by atoms with van der Waals surface area (Å²) in [5.41, 5.74) is 1.69. The van der Waals surface area contributed by atoms with E-state index in [1.807, 2.05) is 38.1 Å². The van der Waals surface area contributed by atoms with Crippen molar-refractivity contribution < 1.29 is 5.11 Å². The van der Waals surface area contributed by atoms with E-state index >= 15 is 0 Å². The van der Waals surface area contributed by atoms with Crippen LogP contribution in [0.5, 0.6) is 0 Å². The molecule has 0 unspecified atom stereocenters. The normalized spacial score (nSPS) is 11.7. The van der Waals surface area contributed by atoms with Crippen LogP contribution in [0.25, 0.3) is 11.4 Å². The Morgan fingerprint density at radius 1 is 1.38 bits per heavy atom. The number of hydrogen-bond acceptors (Lipinski definition) is 4. The van der Waals surface area contributed by atoms with Crippen molar-refractivity contribution in [2.45, 2.75) is 19.3 Å². The smallest absolute Gasteiger partial charge is 0.204 e. The van der Waals surface area contributed by atoms with E-state index in [0.717, 1.165) is 11.1 Å². The fraction of sp³-hybridized carbons (Fsp3) is 0.364. The van der Waals surface area contributed by atoms with Crippen LogP contribution in [0, 0.1) is 0 Å². The number of nitrogens with one attached hydrogen (secondary N) is 1. The summed E-state index contributed by atoms with van der Waals surface area (Å²) in [7, 11) is 0. The summed E-state index contributed by atoms with van der Waals surface area (Å²) < 4.78 is 0. The summed E-state index contributed by atoms with van der Waals surface area (Å²) in [5.74, 6) is 0.565. The SMILES string of the molecule is CC(C)(CO)c1cccc(-c2nn[nH]n2)c1. The number of H-pyrrole nitrogens is 1. The Morgan fingerprint density at radius 2 is 2.19 bits per heavy atom. The van der Waals surface area contributed by atoms with Crippen LogP contribution >= 0.6 is 0 Å². The van der Waals surface area contributed by atoms with Crippen LogP contribution in [-0.2, 0) is 5.41 Å². The lowest BCUT2D eigenvalue weighted by molar-refractivity contribution is 0.218. The highest BCUT2D eigenvalue weighted by atomic mass is 16.3. The number of benzene rings is 1. The Hall–Kier alpha value is -1.75. The molecule has 0 aliphatic rings. The van der Waals surface area contributed by atoms with Gasteiger partial charge in [-0.2, -0.15) is 5.21 Å². The van der Waals surface area contributed by atoms with Gasteiger partial charge < -0.3 is 5.11 Å². The molecule has 5 nitrogen and oxygen atoms in total. The molecule has 2 rings (SSSR count). The number of nitrogens with zero attached hydrogens (tertiary/aromatic N) is 3. The van der Waals surface area contributed by atoms with E-state index in [1.54, 1.807) is 0 Å². The molecule has 0 bridgehead atoms. The number of aliphatic hydroxyl groups excluding tert-OH is 1. The zero-order valence-corrected chi connectivity index (χ0v) is 9.31. The predicted molar refractivity (Wildman–Crippen MR) is 59.7 cm³/mol. The predicted octanol–water partition coefficient (Wildman–Crippen LogP) is 1.14. The lowest BCUT2D eigenvalue weighted by atomic mass is 9.85. The first-order chi connectivity index (χ1) is 7.63. The van der Waals surface area contributed by atoms with Crippen molar-refractivity contribution in [3.63, 3.8) is 0 Å². The quantitative estimate of drug-likeness (QED) is 0.810. The molecule has 0 aliphatic heterocycles. The maximum atomic E-state index is 9.32. The molecule has 0 aliphatic carbocycles. The fourth-order valence-electron chi connectivity index (χ4n) is 1.45. The van der Waals surface area contributed by atoms with Gasteiger partial charge in [-0.15, -0.1) is 10.2 Å². The van der Waals surface area contributed by atoms with Gasteiger partial charge in [-0.05, 0) is 16.8 Å². The van der Waals surface area contributed by atoms with E-state index in [1.165, 1.54) is 0 Å². The van der Waals surface area contributed by atoms with E-state index in [4.69, 9.17) is 0 Å². The summed E-state index contributed by atoms with van der Waals surface area (Å²) in [5, 5.41) is 23.1.